The van der Waals surface area contributed by atoms with E-state index in [1.54, 1.807) is 6.07 Å². The standard InChI is InChI=1S/C22H28N4OS/c1-2-24-22(25-14-17-7-6-8-19(13-17)21(23)27)26-12-11-18(15-26)16-28-20-9-4-3-5-10-20/h3-10,13,18H,2,11-12,14-16H2,1H3,(H2,23,27)(H,24,25). The molecule has 1 heterocycles. The third-order valence-corrected chi connectivity index (χ3v) is 6.02. The summed E-state index contributed by atoms with van der Waals surface area (Å²) in [6.07, 6.45) is 1.18. The number of amides is 1. The van der Waals surface area contributed by atoms with Crippen LogP contribution < -0.4 is 11.1 Å². The number of thioether (sulfide) groups is 1. The van der Waals surface area contributed by atoms with Gasteiger partial charge in [-0.1, -0.05) is 30.3 Å². The summed E-state index contributed by atoms with van der Waals surface area (Å²) in [5.41, 5.74) is 6.89. The molecule has 6 heteroatoms. The summed E-state index contributed by atoms with van der Waals surface area (Å²) >= 11 is 1.93. The molecule has 28 heavy (non-hydrogen) atoms. The number of benzene rings is 2. The van der Waals surface area contributed by atoms with Crippen molar-refractivity contribution < 1.29 is 4.79 Å². The van der Waals surface area contributed by atoms with Gasteiger partial charge in [-0.25, -0.2) is 4.99 Å². The Morgan fingerprint density at radius 2 is 2.07 bits per heavy atom. The van der Waals surface area contributed by atoms with Crippen LogP contribution in [-0.2, 0) is 6.54 Å². The first kappa shape index (κ1) is 20.3. The van der Waals surface area contributed by atoms with Gasteiger partial charge >= 0.3 is 0 Å². The minimum absolute atomic E-state index is 0.406. The van der Waals surface area contributed by atoms with Gasteiger partial charge in [0.2, 0.25) is 5.91 Å². The maximum atomic E-state index is 11.4. The van der Waals surface area contributed by atoms with Crippen molar-refractivity contribution in [3.8, 4) is 0 Å². The summed E-state index contributed by atoms with van der Waals surface area (Å²) in [4.78, 5) is 19.8. The number of rotatable bonds is 7. The van der Waals surface area contributed by atoms with Crippen LogP contribution in [-0.4, -0.2) is 42.2 Å². The molecule has 1 amide bonds. The number of nitrogens with one attached hydrogen (secondary N) is 1. The third kappa shape index (κ3) is 5.76. The van der Waals surface area contributed by atoms with Crippen LogP contribution in [0.5, 0.6) is 0 Å². The molecule has 0 bridgehead atoms. The average Bonchev–Trinajstić information content (AvgIpc) is 3.19. The van der Waals surface area contributed by atoms with Crippen molar-refractivity contribution in [1.29, 1.82) is 0 Å². The molecule has 2 aromatic carbocycles. The Kier molecular flexibility index (Phi) is 7.37. The fraction of sp³-hybridized carbons (Fsp3) is 0.364. The molecule has 1 saturated heterocycles. The van der Waals surface area contributed by atoms with Gasteiger partial charge in [0, 0.05) is 35.8 Å². The van der Waals surface area contributed by atoms with Crippen LogP contribution in [0.3, 0.4) is 0 Å². The highest BCUT2D eigenvalue weighted by Gasteiger charge is 2.24. The van der Waals surface area contributed by atoms with Crippen molar-refractivity contribution in [2.24, 2.45) is 16.6 Å². The number of hydrogen-bond acceptors (Lipinski definition) is 3. The first-order valence-corrected chi connectivity index (χ1v) is 10.7. The van der Waals surface area contributed by atoms with Gasteiger partial charge in [-0.05, 0) is 49.1 Å². The Labute approximate surface area is 171 Å². The Hall–Kier alpha value is -2.47. The Balaban J connectivity index is 1.58. The third-order valence-electron chi connectivity index (χ3n) is 4.77. The first-order chi connectivity index (χ1) is 13.7. The molecule has 2 aromatic rings. The normalized spacial score (nSPS) is 17.0. The van der Waals surface area contributed by atoms with E-state index in [0.717, 1.165) is 36.9 Å². The summed E-state index contributed by atoms with van der Waals surface area (Å²) in [5.74, 6) is 2.32. The summed E-state index contributed by atoms with van der Waals surface area (Å²) in [6.45, 7) is 5.49. The van der Waals surface area contributed by atoms with Crippen LogP contribution >= 0.6 is 11.8 Å². The molecule has 1 fully saturated rings. The van der Waals surface area contributed by atoms with Crippen LogP contribution in [0.15, 0.2) is 64.5 Å². The molecule has 0 radical (unpaired) electrons. The highest BCUT2D eigenvalue weighted by atomic mass is 32.2. The van der Waals surface area contributed by atoms with Crippen LogP contribution in [0.25, 0.3) is 0 Å². The lowest BCUT2D eigenvalue weighted by molar-refractivity contribution is 0.1000. The predicted octanol–water partition coefficient (Wildman–Crippen LogP) is 3.37. The van der Waals surface area contributed by atoms with Gasteiger partial charge in [0.05, 0.1) is 6.54 Å². The van der Waals surface area contributed by atoms with Crippen LogP contribution in [0.1, 0.15) is 29.3 Å². The molecule has 148 valence electrons. The SMILES string of the molecule is CCNC(=NCc1cccc(C(N)=O)c1)N1CCC(CSc2ccccc2)C1. The topological polar surface area (TPSA) is 70.7 Å². The van der Waals surface area contributed by atoms with Gasteiger partial charge in [0.25, 0.3) is 0 Å². The number of nitrogens with zero attached hydrogens (tertiary/aromatic N) is 2. The van der Waals surface area contributed by atoms with Gasteiger partial charge < -0.3 is 16.0 Å². The maximum Gasteiger partial charge on any atom is 0.248 e. The van der Waals surface area contributed by atoms with E-state index in [9.17, 15) is 4.79 Å². The number of hydrogen-bond donors (Lipinski definition) is 2. The molecular weight excluding hydrogens is 368 g/mol. The van der Waals surface area contributed by atoms with E-state index in [1.165, 1.54) is 11.3 Å². The van der Waals surface area contributed by atoms with Crippen molar-refractivity contribution in [2.75, 3.05) is 25.4 Å². The molecule has 0 saturated carbocycles. The molecule has 1 aliphatic heterocycles. The lowest BCUT2D eigenvalue weighted by Crippen LogP contribution is -2.40. The molecule has 1 atom stereocenters. The quantitative estimate of drug-likeness (QED) is 0.428. The second-order valence-corrected chi connectivity index (χ2v) is 8.05. The molecule has 5 nitrogen and oxygen atoms in total. The Morgan fingerprint density at radius 1 is 1.25 bits per heavy atom. The van der Waals surface area contributed by atoms with Gasteiger partial charge in [-0.3, -0.25) is 4.79 Å². The van der Waals surface area contributed by atoms with E-state index in [1.807, 2.05) is 30.0 Å². The second-order valence-electron chi connectivity index (χ2n) is 6.96. The zero-order chi connectivity index (χ0) is 19.8. The number of primary amides is 1. The highest BCUT2D eigenvalue weighted by Crippen LogP contribution is 2.26. The predicted molar refractivity (Wildman–Crippen MR) is 117 cm³/mol. The Bertz CT molecular complexity index is 809. The van der Waals surface area contributed by atoms with E-state index in [-0.39, 0.29) is 0 Å². The van der Waals surface area contributed by atoms with Crippen LogP contribution in [0.4, 0.5) is 0 Å². The van der Waals surface area contributed by atoms with Crippen molar-refractivity contribution in [3.05, 3.63) is 65.7 Å². The van der Waals surface area contributed by atoms with E-state index < -0.39 is 5.91 Å². The van der Waals surface area contributed by atoms with Crippen molar-refractivity contribution in [1.82, 2.24) is 10.2 Å². The van der Waals surface area contributed by atoms with Gasteiger partial charge in [0.15, 0.2) is 5.96 Å². The molecule has 0 aliphatic carbocycles. The lowest BCUT2D eigenvalue weighted by Gasteiger charge is -2.21. The van der Waals surface area contributed by atoms with Crippen LogP contribution in [0.2, 0.25) is 0 Å². The summed E-state index contributed by atoms with van der Waals surface area (Å²) in [7, 11) is 0. The molecule has 3 rings (SSSR count). The molecule has 0 aromatic heterocycles. The number of likely N-dealkylation sites (tertiary alicyclic amines) is 1. The minimum Gasteiger partial charge on any atom is -0.366 e. The number of nitrogens with two attached hydrogens (primary N) is 1. The number of aliphatic imine (C=N–C) groups is 1. The molecule has 3 N–H and O–H groups in total. The van der Waals surface area contributed by atoms with E-state index >= 15 is 0 Å². The van der Waals surface area contributed by atoms with E-state index in [4.69, 9.17) is 10.7 Å². The number of carbonyl (C=O) groups excluding carboxylic acids is 1. The number of carbonyl (C=O) groups is 1. The molecular formula is C22H28N4OS. The number of guanidine groups is 1. The first-order valence-electron chi connectivity index (χ1n) is 9.75. The summed E-state index contributed by atoms with van der Waals surface area (Å²) in [6, 6.07) is 18.0. The summed E-state index contributed by atoms with van der Waals surface area (Å²) in [5, 5.41) is 3.40. The largest absolute Gasteiger partial charge is 0.366 e. The fourth-order valence-electron chi connectivity index (χ4n) is 3.31. The van der Waals surface area contributed by atoms with Crippen LogP contribution in [0, 0.1) is 5.92 Å². The van der Waals surface area contributed by atoms with Crippen molar-refractivity contribution in [2.45, 2.75) is 24.8 Å². The van der Waals surface area contributed by atoms with Gasteiger partial charge in [-0.2, -0.15) is 0 Å². The zero-order valence-electron chi connectivity index (χ0n) is 16.3. The van der Waals surface area contributed by atoms with E-state index in [0.29, 0.717) is 18.0 Å². The fourth-order valence-corrected chi connectivity index (χ4v) is 4.36. The van der Waals surface area contributed by atoms with Gasteiger partial charge in [-0.15, -0.1) is 11.8 Å². The van der Waals surface area contributed by atoms with Crippen molar-refractivity contribution in [3.63, 3.8) is 0 Å². The smallest absolute Gasteiger partial charge is 0.248 e. The Morgan fingerprint density at radius 3 is 2.82 bits per heavy atom. The minimum atomic E-state index is -0.406. The maximum absolute atomic E-state index is 11.4. The molecule has 0 spiro atoms. The molecule has 1 aliphatic rings. The lowest BCUT2D eigenvalue weighted by atomic mass is 10.1. The zero-order valence-corrected chi connectivity index (χ0v) is 17.1. The molecule has 1 unspecified atom stereocenters. The summed E-state index contributed by atoms with van der Waals surface area (Å²) < 4.78 is 0. The average molecular weight is 397 g/mol. The second kappa shape index (κ2) is 10.2. The highest BCUT2D eigenvalue weighted by molar-refractivity contribution is 7.99. The van der Waals surface area contributed by atoms with Crippen molar-refractivity contribution >= 4 is 23.6 Å². The van der Waals surface area contributed by atoms with Gasteiger partial charge in [0.1, 0.15) is 0 Å². The van der Waals surface area contributed by atoms with E-state index in [2.05, 4.69) is 47.5 Å². The monoisotopic (exact) mass is 396 g/mol.